The van der Waals surface area contributed by atoms with Crippen LogP contribution in [0.25, 0.3) is 0 Å². The summed E-state index contributed by atoms with van der Waals surface area (Å²) in [6.45, 7) is 1.97. The van der Waals surface area contributed by atoms with Crippen LogP contribution in [0.5, 0.6) is 11.8 Å². The molecule has 0 saturated carbocycles. The average molecular weight is 212 g/mol. The van der Waals surface area contributed by atoms with Crippen LogP contribution in [0, 0.1) is 6.92 Å². The molecule has 1 rings (SSSR count). The van der Waals surface area contributed by atoms with E-state index >= 15 is 0 Å². The highest BCUT2D eigenvalue weighted by Crippen LogP contribution is 2.23. The van der Waals surface area contributed by atoms with Crippen molar-refractivity contribution in [1.82, 2.24) is 9.97 Å². The van der Waals surface area contributed by atoms with Gasteiger partial charge in [0, 0.05) is 13.0 Å². The van der Waals surface area contributed by atoms with Crippen molar-refractivity contribution < 1.29 is 14.6 Å². The van der Waals surface area contributed by atoms with Gasteiger partial charge in [-0.3, -0.25) is 0 Å². The molecular formula is C10H16N2O3. The molecule has 5 nitrogen and oxygen atoms in total. The lowest BCUT2D eigenvalue weighted by atomic mass is 10.3. The van der Waals surface area contributed by atoms with Gasteiger partial charge in [0.05, 0.1) is 19.8 Å². The number of hydrogen-bond donors (Lipinski definition) is 1. The molecule has 0 aromatic carbocycles. The summed E-state index contributed by atoms with van der Waals surface area (Å²) in [7, 11) is 3.12. The van der Waals surface area contributed by atoms with Crippen molar-refractivity contribution in [3.63, 3.8) is 0 Å². The van der Waals surface area contributed by atoms with Gasteiger partial charge >= 0.3 is 0 Å². The number of hydrogen-bond acceptors (Lipinski definition) is 5. The Hall–Kier alpha value is -1.36. The summed E-state index contributed by atoms with van der Waals surface area (Å²) in [5, 5.41) is 8.72. The summed E-state index contributed by atoms with van der Waals surface area (Å²) in [6, 6.07) is 0. The zero-order valence-corrected chi connectivity index (χ0v) is 9.28. The van der Waals surface area contributed by atoms with E-state index in [-0.39, 0.29) is 6.61 Å². The molecule has 0 spiro atoms. The van der Waals surface area contributed by atoms with Gasteiger partial charge in [0.1, 0.15) is 5.82 Å². The van der Waals surface area contributed by atoms with Crippen LogP contribution in [0.4, 0.5) is 0 Å². The van der Waals surface area contributed by atoms with Crippen molar-refractivity contribution in [2.75, 3.05) is 20.8 Å². The molecule has 0 aliphatic carbocycles. The number of aliphatic hydroxyl groups is 1. The van der Waals surface area contributed by atoms with Crippen LogP contribution in [0.3, 0.4) is 0 Å². The first-order chi connectivity index (χ1) is 7.22. The van der Waals surface area contributed by atoms with Crippen LogP contribution in [0.15, 0.2) is 0 Å². The Labute approximate surface area is 89.1 Å². The highest BCUT2D eigenvalue weighted by Gasteiger charge is 2.11. The van der Waals surface area contributed by atoms with Gasteiger partial charge in [0.2, 0.25) is 11.8 Å². The van der Waals surface area contributed by atoms with Crippen molar-refractivity contribution in [1.29, 1.82) is 0 Å². The Morgan fingerprint density at radius 2 is 1.67 bits per heavy atom. The standard InChI is InChI=1S/C10H16N2O3/c1-7-9(14-2)11-8(5-4-6-13)12-10(7)15-3/h13H,4-6H2,1-3H3. The van der Waals surface area contributed by atoms with Crippen LogP contribution in [-0.2, 0) is 6.42 Å². The van der Waals surface area contributed by atoms with Crippen molar-refractivity contribution in [3.8, 4) is 11.8 Å². The van der Waals surface area contributed by atoms with E-state index in [1.807, 2.05) is 6.92 Å². The van der Waals surface area contributed by atoms with Crippen LogP contribution >= 0.6 is 0 Å². The molecule has 84 valence electrons. The fraction of sp³-hybridized carbons (Fsp3) is 0.600. The number of aryl methyl sites for hydroxylation is 1. The van der Waals surface area contributed by atoms with E-state index in [1.54, 1.807) is 14.2 Å². The second kappa shape index (κ2) is 5.50. The first-order valence-electron chi connectivity index (χ1n) is 4.79. The van der Waals surface area contributed by atoms with Crippen molar-refractivity contribution in [2.45, 2.75) is 19.8 Å². The molecule has 0 bridgehead atoms. The molecule has 15 heavy (non-hydrogen) atoms. The quantitative estimate of drug-likeness (QED) is 0.779. The maximum absolute atomic E-state index is 8.72. The number of nitrogens with zero attached hydrogens (tertiary/aromatic N) is 2. The Bertz CT molecular complexity index is 303. The molecule has 1 aromatic heterocycles. The largest absolute Gasteiger partial charge is 0.481 e. The molecule has 5 heteroatoms. The van der Waals surface area contributed by atoms with Gasteiger partial charge in [-0.25, -0.2) is 0 Å². The molecule has 1 heterocycles. The Morgan fingerprint density at radius 1 is 1.13 bits per heavy atom. The minimum atomic E-state index is 0.127. The van der Waals surface area contributed by atoms with E-state index in [0.29, 0.717) is 30.4 Å². The summed E-state index contributed by atoms with van der Waals surface area (Å²) in [5.74, 6) is 1.67. The predicted octanol–water partition coefficient (Wildman–Crippen LogP) is 0.727. The SMILES string of the molecule is COc1nc(CCCO)nc(OC)c1C. The van der Waals surface area contributed by atoms with E-state index in [2.05, 4.69) is 9.97 Å². The maximum atomic E-state index is 8.72. The molecule has 0 fully saturated rings. The molecule has 0 amide bonds. The smallest absolute Gasteiger partial charge is 0.223 e. The molecule has 1 N–H and O–H groups in total. The van der Waals surface area contributed by atoms with E-state index in [1.165, 1.54) is 0 Å². The fourth-order valence-corrected chi connectivity index (χ4v) is 1.27. The molecule has 0 aliphatic heterocycles. The molecular weight excluding hydrogens is 196 g/mol. The number of aliphatic hydroxyl groups excluding tert-OH is 1. The highest BCUT2D eigenvalue weighted by molar-refractivity contribution is 5.34. The zero-order chi connectivity index (χ0) is 11.3. The summed E-state index contributed by atoms with van der Waals surface area (Å²) < 4.78 is 10.2. The third kappa shape index (κ3) is 2.79. The van der Waals surface area contributed by atoms with E-state index < -0.39 is 0 Å². The van der Waals surface area contributed by atoms with E-state index in [9.17, 15) is 0 Å². The maximum Gasteiger partial charge on any atom is 0.223 e. The van der Waals surface area contributed by atoms with Gasteiger partial charge in [-0.15, -0.1) is 0 Å². The number of ether oxygens (including phenoxy) is 2. The molecule has 0 radical (unpaired) electrons. The van der Waals surface area contributed by atoms with Crippen LogP contribution in [-0.4, -0.2) is 35.9 Å². The molecule has 1 aromatic rings. The minimum absolute atomic E-state index is 0.127. The van der Waals surface area contributed by atoms with Crippen LogP contribution in [0.1, 0.15) is 17.8 Å². The van der Waals surface area contributed by atoms with Gasteiger partial charge in [-0.05, 0) is 13.3 Å². The van der Waals surface area contributed by atoms with E-state index in [4.69, 9.17) is 14.6 Å². The fourth-order valence-electron chi connectivity index (χ4n) is 1.27. The zero-order valence-electron chi connectivity index (χ0n) is 9.28. The molecule has 0 atom stereocenters. The van der Waals surface area contributed by atoms with Gasteiger partial charge in [-0.1, -0.05) is 0 Å². The normalized spacial score (nSPS) is 10.1. The predicted molar refractivity (Wildman–Crippen MR) is 55.3 cm³/mol. The topological polar surface area (TPSA) is 64.5 Å². The van der Waals surface area contributed by atoms with Crippen molar-refractivity contribution >= 4 is 0 Å². The first kappa shape index (κ1) is 11.7. The lowest BCUT2D eigenvalue weighted by Crippen LogP contribution is -2.04. The van der Waals surface area contributed by atoms with Crippen molar-refractivity contribution in [3.05, 3.63) is 11.4 Å². The second-order valence-electron chi connectivity index (χ2n) is 3.11. The van der Waals surface area contributed by atoms with Gasteiger partial charge in [0.25, 0.3) is 0 Å². The van der Waals surface area contributed by atoms with Gasteiger partial charge < -0.3 is 14.6 Å². The highest BCUT2D eigenvalue weighted by atomic mass is 16.5. The summed E-state index contributed by atoms with van der Waals surface area (Å²) in [5.41, 5.74) is 0.785. The molecule has 0 saturated heterocycles. The van der Waals surface area contributed by atoms with Gasteiger partial charge in [0.15, 0.2) is 0 Å². The van der Waals surface area contributed by atoms with E-state index in [0.717, 1.165) is 5.56 Å². The molecule has 0 unspecified atom stereocenters. The third-order valence-electron chi connectivity index (χ3n) is 2.05. The van der Waals surface area contributed by atoms with Crippen molar-refractivity contribution in [2.24, 2.45) is 0 Å². The van der Waals surface area contributed by atoms with Crippen LogP contribution < -0.4 is 9.47 Å². The Kier molecular flexibility index (Phi) is 4.30. The molecule has 0 aliphatic rings. The lowest BCUT2D eigenvalue weighted by molar-refractivity contribution is 0.286. The minimum Gasteiger partial charge on any atom is -0.481 e. The summed E-state index contributed by atoms with van der Waals surface area (Å²) >= 11 is 0. The summed E-state index contributed by atoms with van der Waals surface area (Å²) in [6.07, 6.45) is 1.25. The monoisotopic (exact) mass is 212 g/mol. The number of rotatable bonds is 5. The second-order valence-corrected chi connectivity index (χ2v) is 3.11. The van der Waals surface area contributed by atoms with Gasteiger partial charge in [-0.2, -0.15) is 9.97 Å². The summed E-state index contributed by atoms with van der Waals surface area (Å²) in [4.78, 5) is 8.42. The van der Waals surface area contributed by atoms with Crippen LogP contribution in [0.2, 0.25) is 0 Å². The Morgan fingerprint density at radius 3 is 2.07 bits per heavy atom. The average Bonchev–Trinajstić information content (AvgIpc) is 2.27. The number of methoxy groups -OCH3 is 2. The number of aromatic nitrogens is 2. The first-order valence-corrected chi connectivity index (χ1v) is 4.79. The third-order valence-corrected chi connectivity index (χ3v) is 2.05. The lowest BCUT2D eigenvalue weighted by Gasteiger charge is -2.09. The Balaban J connectivity index is 2.98.